The van der Waals surface area contributed by atoms with Crippen molar-refractivity contribution in [1.29, 1.82) is 0 Å². The number of hydrogen-bond acceptors (Lipinski definition) is 4. The number of nitrogens with zero attached hydrogens (tertiary/aromatic N) is 1. The van der Waals surface area contributed by atoms with Gasteiger partial charge in [-0.05, 0) is 0 Å². The van der Waals surface area contributed by atoms with Crippen molar-refractivity contribution in [2.75, 3.05) is 0 Å². The highest BCUT2D eigenvalue weighted by molar-refractivity contribution is 5.65. The molecule has 0 unspecified atom stereocenters. The third-order valence-corrected chi connectivity index (χ3v) is 1.24. The summed E-state index contributed by atoms with van der Waals surface area (Å²) in [4.78, 5) is 4.01. The Bertz CT molecular complexity index is 307. The van der Waals surface area contributed by atoms with E-state index in [2.05, 4.69) is 4.98 Å². The minimum absolute atomic E-state index is 0.310. The minimum Gasteiger partial charge on any atom is -0.432 e. The van der Waals surface area contributed by atoms with E-state index in [4.69, 9.17) is 14.6 Å². The number of fused-ring (bicyclic) bond motifs is 1. The van der Waals surface area contributed by atoms with Crippen molar-refractivity contribution in [3.8, 4) is 0 Å². The fraction of sp³-hybridized carbons (Fsp3) is 0.167. The summed E-state index contributed by atoms with van der Waals surface area (Å²) in [5, 5.41) is 0. The first-order valence-corrected chi connectivity index (χ1v) is 2.93. The van der Waals surface area contributed by atoms with Crippen LogP contribution in [-0.2, 0) is 6.54 Å². The van der Waals surface area contributed by atoms with Gasteiger partial charge in [0.05, 0.1) is 12.8 Å². The fourth-order valence-electron chi connectivity index (χ4n) is 0.799. The Kier molecular flexibility index (Phi) is 1.01. The van der Waals surface area contributed by atoms with E-state index in [1.165, 1.54) is 6.26 Å². The quantitative estimate of drug-likeness (QED) is 0.635. The summed E-state index contributed by atoms with van der Waals surface area (Å²) in [7, 11) is 0. The van der Waals surface area contributed by atoms with Crippen LogP contribution in [0.3, 0.4) is 0 Å². The highest BCUT2D eigenvalue weighted by Gasteiger charge is 2.04. The zero-order chi connectivity index (χ0) is 6.97. The number of aromatic nitrogens is 1. The second-order valence-corrected chi connectivity index (χ2v) is 1.91. The van der Waals surface area contributed by atoms with Crippen molar-refractivity contribution in [2.45, 2.75) is 6.54 Å². The summed E-state index contributed by atoms with van der Waals surface area (Å²) in [6.45, 7) is 0.310. The van der Waals surface area contributed by atoms with Gasteiger partial charge in [-0.3, -0.25) is 0 Å². The number of nitrogens with two attached hydrogens (primary N) is 1. The second kappa shape index (κ2) is 1.85. The smallest absolute Gasteiger partial charge is 0.318 e. The van der Waals surface area contributed by atoms with Crippen molar-refractivity contribution in [3.63, 3.8) is 0 Å². The molecule has 0 aliphatic heterocycles. The summed E-state index contributed by atoms with van der Waals surface area (Å²) in [6.07, 6.45) is 1.53. The molecule has 0 saturated heterocycles. The lowest BCUT2D eigenvalue weighted by molar-refractivity contribution is 0.443. The van der Waals surface area contributed by atoms with Crippen LogP contribution in [0.1, 0.15) is 5.89 Å². The number of oxazole rings is 1. The molecule has 10 heavy (non-hydrogen) atoms. The molecule has 0 spiro atoms. The van der Waals surface area contributed by atoms with Crippen LogP contribution in [0.4, 0.5) is 0 Å². The summed E-state index contributed by atoms with van der Waals surface area (Å²) in [6, 6.07) is 1.73. The fourth-order valence-corrected chi connectivity index (χ4v) is 0.799. The van der Waals surface area contributed by atoms with E-state index >= 15 is 0 Å². The van der Waals surface area contributed by atoms with Gasteiger partial charge in [0.15, 0.2) is 5.52 Å². The molecule has 0 aromatic carbocycles. The van der Waals surface area contributed by atoms with E-state index in [1.807, 2.05) is 0 Å². The van der Waals surface area contributed by atoms with Gasteiger partial charge in [-0.2, -0.15) is 0 Å². The first kappa shape index (κ1) is 5.49. The lowest BCUT2D eigenvalue weighted by Crippen LogP contribution is -1.95. The highest BCUT2D eigenvalue weighted by Crippen LogP contribution is 2.14. The van der Waals surface area contributed by atoms with Crippen LogP contribution >= 0.6 is 0 Å². The maximum atomic E-state index is 5.27. The Morgan fingerprint density at radius 1 is 1.60 bits per heavy atom. The SMILES string of the molecule is NCc1nc2ccoc2o1. The Morgan fingerprint density at radius 3 is 3.20 bits per heavy atom. The van der Waals surface area contributed by atoms with E-state index in [-0.39, 0.29) is 0 Å². The van der Waals surface area contributed by atoms with Crippen molar-refractivity contribution >= 4 is 11.3 Å². The van der Waals surface area contributed by atoms with Crippen molar-refractivity contribution in [2.24, 2.45) is 5.73 Å². The van der Waals surface area contributed by atoms with Gasteiger partial charge in [0, 0.05) is 6.07 Å². The zero-order valence-electron chi connectivity index (χ0n) is 5.20. The summed E-state index contributed by atoms with van der Waals surface area (Å²) in [5.74, 6) is 0.954. The highest BCUT2D eigenvalue weighted by atomic mass is 16.5. The van der Waals surface area contributed by atoms with E-state index in [1.54, 1.807) is 6.07 Å². The molecule has 0 aliphatic carbocycles. The molecule has 2 aromatic rings. The van der Waals surface area contributed by atoms with Gasteiger partial charge >= 0.3 is 5.78 Å². The zero-order valence-corrected chi connectivity index (χ0v) is 5.20. The van der Waals surface area contributed by atoms with E-state index < -0.39 is 0 Å². The normalized spacial score (nSPS) is 10.9. The van der Waals surface area contributed by atoms with Crippen molar-refractivity contribution < 1.29 is 8.83 Å². The Hall–Kier alpha value is -1.29. The van der Waals surface area contributed by atoms with Gasteiger partial charge in [-0.25, -0.2) is 4.98 Å². The second-order valence-electron chi connectivity index (χ2n) is 1.91. The molecule has 0 aliphatic rings. The maximum absolute atomic E-state index is 5.27. The molecule has 0 fully saturated rings. The predicted octanol–water partition coefficient (Wildman–Crippen LogP) is 0.880. The van der Waals surface area contributed by atoms with Crippen LogP contribution in [0.2, 0.25) is 0 Å². The molecule has 2 rings (SSSR count). The molecule has 0 radical (unpaired) electrons. The van der Waals surface area contributed by atoms with Crippen LogP contribution in [0.15, 0.2) is 21.2 Å². The molecular weight excluding hydrogens is 132 g/mol. The monoisotopic (exact) mass is 138 g/mol. The Balaban J connectivity index is 2.67. The molecule has 2 heterocycles. The molecule has 2 aromatic heterocycles. The molecule has 0 atom stereocenters. The summed E-state index contributed by atoms with van der Waals surface area (Å²) >= 11 is 0. The van der Waals surface area contributed by atoms with Crippen LogP contribution < -0.4 is 5.73 Å². The van der Waals surface area contributed by atoms with Gasteiger partial charge in [-0.1, -0.05) is 0 Å². The average molecular weight is 138 g/mol. The summed E-state index contributed by atoms with van der Waals surface area (Å²) in [5.41, 5.74) is 6.00. The number of hydrogen-bond donors (Lipinski definition) is 1. The molecular formula is C6H6N2O2. The van der Waals surface area contributed by atoms with E-state index in [0.717, 1.165) is 5.52 Å². The third-order valence-electron chi connectivity index (χ3n) is 1.24. The Morgan fingerprint density at radius 2 is 2.50 bits per heavy atom. The lowest BCUT2D eigenvalue weighted by Gasteiger charge is -1.79. The van der Waals surface area contributed by atoms with E-state index in [9.17, 15) is 0 Å². The molecule has 4 nitrogen and oxygen atoms in total. The van der Waals surface area contributed by atoms with Gasteiger partial charge in [0.2, 0.25) is 5.89 Å². The van der Waals surface area contributed by atoms with Crippen LogP contribution in [-0.4, -0.2) is 4.98 Å². The van der Waals surface area contributed by atoms with E-state index in [0.29, 0.717) is 18.2 Å². The third kappa shape index (κ3) is 0.625. The first-order chi connectivity index (χ1) is 4.90. The molecule has 2 N–H and O–H groups in total. The standard InChI is InChI=1S/C6H6N2O2/c7-3-5-8-4-1-2-9-6(4)10-5/h1-2H,3,7H2. The lowest BCUT2D eigenvalue weighted by atomic mass is 10.6. The van der Waals surface area contributed by atoms with Crippen molar-refractivity contribution in [3.05, 3.63) is 18.2 Å². The molecule has 0 bridgehead atoms. The minimum atomic E-state index is 0.310. The molecule has 4 heteroatoms. The number of rotatable bonds is 1. The van der Waals surface area contributed by atoms with Crippen LogP contribution in [0.5, 0.6) is 0 Å². The van der Waals surface area contributed by atoms with Gasteiger partial charge in [-0.15, -0.1) is 0 Å². The van der Waals surface area contributed by atoms with Crippen LogP contribution in [0.25, 0.3) is 11.3 Å². The predicted molar refractivity (Wildman–Crippen MR) is 34.2 cm³/mol. The van der Waals surface area contributed by atoms with Crippen LogP contribution in [0, 0.1) is 0 Å². The summed E-state index contributed by atoms with van der Waals surface area (Å²) < 4.78 is 9.97. The molecule has 52 valence electrons. The van der Waals surface area contributed by atoms with Crippen molar-refractivity contribution in [1.82, 2.24) is 4.98 Å². The first-order valence-electron chi connectivity index (χ1n) is 2.93. The topological polar surface area (TPSA) is 65.2 Å². The van der Waals surface area contributed by atoms with Gasteiger partial charge < -0.3 is 14.6 Å². The molecule has 0 amide bonds. The van der Waals surface area contributed by atoms with Gasteiger partial charge in [0.25, 0.3) is 0 Å². The number of furan rings is 1. The average Bonchev–Trinajstić information content (AvgIpc) is 2.42. The van der Waals surface area contributed by atoms with Gasteiger partial charge in [0.1, 0.15) is 0 Å². The maximum Gasteiger partial charge on any atom is 0.318 e. The Labute approximate surface area is 56.6 Å². The largest absolute Gasteiger partial charge is 0.432 e. The molecule has 0 saturated carbocycles.